The number of hydrogen-bond donors (Lipinski definition) is 1. The second-order valence-electron chi connectivity index (χ2n) is 11.8. The van der Waals surface area contributed by atoms with E-state index < -0.39 is 0 Å². The topological polar surface area (TPSA) is 171 Å². The van der Waals surface area contributed by atoms with Gasteiger partial charge in [0.05, 0.1) is 48.1 Å². The fourth-order valence-electron chi connectivity index (χ4n) is 5.24. The Morgan fingerprint density at radius 3 is 1.73 bits per heavy atom. The molecular weight excluding hydrogens is 556 g/mol. The monoisotopic (exact) mass is 590 g/mol. The maximum Gasteiger partial charge on any atom is 0.137 e. The first-order chi connectivity index (χ1) is 21.4. The summed E-state index contributed by atoms with van der Waals surface area (Å²) in [4.78, 5) is 12.0. The van der Waals surface area contributed by atoms with Gasteiger partial charge in [0.15, 0.2) is 0 Å². The van der Waals surface area contributed by atoms with E-state index in [1.54, 1.807) is 22.5 Å². The van der Waals surface area contributed by atoms with Crippen molar-refractivity contribution in [2.24, 2.45) is 10.8 Å². The van der Waals surface area contributed by atoms with Crippen LogP contribution in [0.2, 0.25) is 0 Å². The lowest BCUT2D eigenvalue weighted by atomic mass is 10.2. The number of pyridine rings is 2. The second kappa shape index (κ2) is 11.5. The number of rotatable bonds is 9. The SMILES string of the molecule is CC(N)c1cn(Cc2cn3cc(C4CC4)ccc3n2)nn1.CC(N=[N+]=[N-])c1cn(Cc2cn3cc(C4CC4)ccc3n2)nn1. The van der Waals surface area contributed by atoms with Gasteiger partial charge in [0.1, 0.15) is 11.3 Å². The van der Waals surface area contributed by atoms with Gasteiger partial charge in [-0.15, -0.1) is 10.2 Å². The highest BCUT2D eigenvalue weighted by Crippen LogP contribution is 2.40. The van der Waals surface area contributed by atoms with Crippen molar-refractivity contribution in [1.82, 2.24) is 48.8 Å². The molecule has 14 nitrogen and oxygen atoms in total. The Kier molecular flexibility index (Phi) is 7.28. The highest BCUT2D eigenvalue weighted by Gasteiger charge is 2.24. The zero-order chi connectivity index (χ0) is 30.2. The van der Waals surface area contributed by atoms with Crippen LogP contribution in [0, 0.1) is 0 Å². The molecule has 0 spiro atoms. The Morgan fingerprint density at radius 1 is 0.773 bits per heavy atom. The van der Waals surface area contributed by atoms with E-state index in [9.17, 15) is 0 Å². The highest BCUT2D eigenvalue weighted by molar-refractivity contribution is 5.43. The molecule has 6 aromatic heterocycles. The molecule has 2 fully saturated rings. The Labute approximate surface area is 253 Å². The van der Waals surface area contributed by atoms with Crippen molar-refractivity contribution in [3.63, 3.8) is 0 Å². The molecule has 0 aliphatic heterocycles. The molecule has 6 aromatic rings. The molecule has 2 aliphatic carbocycles. The maximum absolute atomic E-state index is 8.48. The molecule has 44 heavy (non-hydrogen) atoms. The van der Waals surface area contributed by atoms with Crippen LogP contribution in [-0.2, 0) is 13.1 Å². The van der Waals surface area contributed by atoms with Crippen molar-refractivity contribution in [2.75, 3.05) is 0 Å². The summed E-state index contributed by atoms with van der Waals surface area (Å²) >= 11 is 0. The van der Waals surface area contributed by atoms with Crippen LogP contribution >= 0.6 is 0 Å². The third kappa shape index (κ3) is 6.17. The minimum absolute atomic E-state index is 0.0964. The largest absolute Gasteiger partial charge is 0.323 e. The van der Waals surface area contributed by atoms with Crippen LogP contribution in [0.5, 0.6) is 0 Å². The molecule has 2 N–H and O–H groups in total. The molecule has 8 rings (SSSR count). The van der Waals surface area contributed by atoms with Gasteiger partial charge in [-0.25, -0.2) is 19.3 Å². The molecular formula is C30H34N14. The van der Waals surface area contributed by atoms with Crippen LogP contribution in [0.4, 0.5) is 0 Å². The highest BCUT2D eigenvalue weighted by atomic mass is 15.4. The zero-order valence-electron chi connectivity index (χ0n) is 24.7. The van der Waals surface area contributed by atoms with E-state index in [1.165, 1.54) is 36.8 Å². The van der Waals surface area contributed by atoms with Crippen LogP contribution < -0.4 is 5.73 Å². The quantitative estimate of drug-likeness (QED) is 0.139. The van der Waals surface area contributed by atoms with Crippen LogP contribution in [0.3, 0.4) is 0 Å². The molecule has 0 radical (unpaired) electrons. The summed E-state index contributed by atoms with van der Waals surface area (Å²) in [6.07, 6.45) is 17.3. The number of aromatic nitrogens is 10. The standard InChI is InChI=1S/C15H16N8.C15H18N6/c1-10(18-20-16)14-9-23(21-19-14)8-13-7-22-6-12(11-2-3-11)4-5-15(22)17-13;1-10(16)14-9-21(19-18-14)8-13-7-20-6-12(11-2-3-11)4-5-15(20)17-13/h4-7,9-11H,2-3,8H2,1H3;4-7,9-11H,2-3,8,16H2,1H3. The predicted molar refractivity (Wildman–Crippen MR) is 163 cm³/mol. The van der Waals surface area contributed by atoms with E-state index in [0.29, 0.717) is 18.8 Å². The van der Waals surface area contributed by atoms with Gasteiger partial charge >= 0.3 is 0 Å². The van der Waals surface area contributed by atoms with E-state index in [-0.39, 0.29) is 12.1 Å². The Bertz CT molecular complexity index is 1960. The average Bonchev–Trinajstić information content (AvgIpc) is 3.85. The van der Waals surface area contributed by atoms with E-state index in [2.05, 4.69) is 92.3 Å². The summed E-state index contributed by atoms with van der Waals surface area (Å²) in [5.41, 5.74) is 22.3. The van der Waals surface area contributed by atoms with Crippen molar-refractivity contribution in [3.8, 4) is 0 Å². The molecule has 2 atom stereocenters. The normalized spacial score (nSPS) is 16.0. The van der Waals surface area contributed by atoms with Gasteiger partial charge in [-0.1, -0.05) is 34.6 Å². The number of imidazole rings is 2. The fraction of sp³-hybridized carbons (Fsp3) is 0.400. The summed E-state index contributed by atoms with van der Waals surface area (Å²) in [6.45, 7) is 4.84. The van der Waals surface area contributed by atoms with Crippen molar-refractivity contribution in [1.29, 1.82) is 0 Å². The summed E-state index contributed by atoms with van der Waals surface area (Å²) in [6, 6.07) is 8.09. The molecule has 2 unspecified atom stereocenters. The number of hydrogen-bond acceptors (Lipinski definition) is 8. The van der Waals surface area contributed by atoms with Gasteiger partial charge in [-0.3, -0.25) is 0 Å². The summed E-state index contributed by atoms with van der Waals surface area (Å²) in [7, 11) is 0. The molecule has 224 valence electrons. The van der Waals surface area contributed by atoms with Crippen LogP contribution in [0.25, 0.3) is 21.7 Å². The van der Waals surface area contributed by atoms with Crippen molar-refractivity contribution in [2.45, 2.75) is 76.5 Å². The number of nitrogens with two attached hydrogens (primary N) is 1. The number of fused-ring (bicyclic) bond motifs is 2. The minimum atomic E-state index is -0.323. The Hall–Kier alpha value is -5.07. The zero-order valence-corrected chi connectivity index (χ0v) is 24.7. The first-order valence-electron chi connectivity index (χ1n) is 15.0. The number of nitrogens with zero attached hydrogens (tertiary/aromatic N) is 13. The van der Waals surface area contributed by atoms with E-state index in [1.807, 2.05) is 19.3 Å². The molecule has 14 heteroatoms. The van der Waals surface area contributed by atoms with Crippen molar-refractivity contribution >= 4 is 11.3 Å². The fourth-order valence-corrected chi connectivity index (χ4v) is 5.24. The smallest absolute Gasteiger partial charge is 0.137 e. The van der Waals surface area contributed by atoms with E-state index in [4.69, 9.17) is 11.3 Å². The van der Waals surface area contributed by atoms with E-state index in [0.717, 1.165) is 40.2 Å². The maximum atomic E-state index is 8.48. The Balaban J connectivity index is 0.000000143. The summed E-state index contributed by atoms with van der Waals surface area (Å²) < 4.78 is 7.67. The van der Waals surface area contributed by atoms with E-state index >= 15 is 0 Å². The molecule has 6 heterocycles. The van der Waals surface area contributed by atoms with Gasteiger partial charge in [0, 0.05) is 41.9 Å². The molecule has 0 aromatic carbocycles. The minimum Gasteiger partial charge on any atom is -0.323 e. The lowest BCUT2D eigenvalue weighted by molar-refractivity contribution is 0.640. The van der Waals surface area contributed by atoms with Crippen molar-refractivity contribution in [3.05, 3.63) is 106 Å². The second-order valence-corrected chi connectivity index (χ2v) is 11.8. The summed E-state index contributed by atoms with van der Waals surface area (Å²) in [5, 5.41) is 19.9. The van der Waals surface area contributed by atoms with Gasteiger partial charge in [0.2, 0.25) is 0 Å². The average molecular weight is 591 g/mol. The summed E-state index contributed by atoms with van der Waals surface area (Å²) in [5.74, 6) is 1.48. The van der Waals surface area contributed by atoms with Gasteiger partial charge in [0.25, 0.3) is 0 Å². The molecule has 0 saturated heterocycles. The van der Waals surface area contributed by atoms with Crippen LogP contribution in [-0.4, -0.2) is 48.8 Å². The first kappa shape index (κ1) is 27.7. The van der Waals surface area contributed by atoms with Crippen molar-refractivity contribution < 1.29 is 0 Å². The molecule has 2 aliphatic rings. The lowest BCUT2D eigenvalue weighted by Crippen LogP contribution is -2.05. The predicted octanol–water partition coefficient (Wildman–Crippen LogP) is 5.09. The molecule has 0 bridgehead atoms. The van der Waals surface area contributed by atoms with Crippen LogP contribution in [0.1, 0.15) is 97.4 Å². The van der Waals surface area contributed by atoms with Gasteiger partial charge in [-0.05, 0) is 73.2 Å². The molecule has 2 saturated carbocycles. The lowest BCUT2D eigenvalue weighted by Gasteiger charge is -1.98. The van der Waals surface area contributed by atoms with Crippen LogP contribution in [0.15, 0.2) is 66.6 Å². The third-order valence-corrected chi connectivity index (χ3v) is 8.03. The first-order valence-corrected chi connectivity index (χ1v) is 15.0. The number of azide groups is 1. The Morgan fingerprint density at radius 2 is 1.27 bits per heavy atom. The molecule has 0 amide bonds. The van der Waals surface area contributed by atoms with Gasteiger partial charge < -0.3 is 14.5 Å². The third-order valence-electron chi connectivity index (χ3n) is 8.03. The van der Waals surface area contributed by atoms with Gasteiger partial charge in [-0.2, -0.15) is 0 Å².